The highest BCUT2D eigenvalue weighted by Gasteiger charge is 2.10. The summed E-state index contributed by atoms with van der Waals surface area (Å²) in [4.78, 5) is 15.6. The van der Waals surface area contributed by atoms with Crippen LogP contribution in [0.25, 0.3) is 11.0 Å². The van der Waals surface area contributed by atoms with Crippen LogP contribution in [0.4, 0.5) is 0 Å². The maximum atomic E-state index is 11.0. The van der Waals surface area contributed by atoms with Gasteiger partial charge >= 0.3 is 0 Å². The summed E-state index contributed by atoms with van der Waals surface area (Å²) in [5.41, 5.74) is 2.04. The highest BCUT2D eigenvalue weighted by molar-refractivity contribution is 7.99. The zero-order valence-corrected chi connectivity index (χ0v) is 10.5. The number of Topliss-reactive ketones (excluding diaryl/α,β-unsaturated/α-hetero) is 1. The van der Waals surface area contributed by atoms with Crippen LogP contribution in [0.5, 0.6) is 0 Å². The molecule has 1 aromatic heterocycles. The van der Waals surface area contributed by atoms with E-state index in [1.54, 1.807) is 6.92 Å². The van der Waals surface area contributed by atoms with Crippen molar-refractivity contribution in [2.45, 2.75) is 18.6 Å². The summed E-state index contributed by atoms with van der Waals surface area (Å²) >= 11 is 1.48. The summed E-state index contributed by atoms with van der Waals surface area (Å²) in [5, 5.41) is 0.876. The number of ketones is 1. The van der Waals surface area contributed by atoms with E-state index in [9.17, 15) is 4.79 Å². The Labute approximate surface area is 105 Å². The van der Waals surface area contributed by atoms with Crippen LogP contribution in [0.1, 0.15) is 6.92 Å². The van der Waals surface area contributed by atoms with E-state index in [0.29, 0.717) is 12.3 Å². The van der Waals surface area contributed by atoms with E-state index >= 15 is 0 Å². The van der Waals surface area contributed by atoms with Gasteiger partial charge in [0.15, 0.2) is 5.16 Å². The Morgan fingerprint density at radius 2 is 2.29 bits per heavy atom. The van der Waals surface area contributed by atoms with Gasteiger partial charge in [-0.3, -0.25) is 4.79 Å². The van der Waals surface area contributed by atoms with Gasteiger partial charge in [0.1, 0.15) is 5.78 Å². The lowest BCUT2D eigenvalue weighted by atomic mass is 10.3. The molecule has 0 N–H and O–H groups in total. The standard InChI is InChI=1S/C13H14N2OS/c1-3-8-15-12-7-5-4-6-11(12)14-13(15)17-9-10(2)16/h3-7H,1,8-9H2,2H3. The minimum Gasteiger partial charge on any atom is -0.315 e. The number of fused-ring (bicyclic) bond motifs is 1. The van der Waals surface area contributed by atoms with Gasteiger partial charge in [0.2, 0.25) is 0 Å². The number of hydrogen-bond donors (Lipinski definition) is 0. The minimum atomic E-state index is 0.159. The van der Waals surface area contributed by atoms with Gasteiger partial charge in [-0.1, -0.05) is 30.0 Å². The average Bonchev–Trinajstić information content (AvgIpc) is 2.66. The molecule has 0 aliphatic heterocycles. The molecular weight excluding hydrogens is 232 g/mol. The summed E-state index contributed by atoms with van der Waals surface area (Å²) in [6.45, 7) is 6.05. The molecule has 0 aliphatic rings. The number of nitrogens with zero attached hydrogens (tertiary/aromatic N) is 2. The molecule has 1 aromatic carbocycles. The van der Waals surface area contributed by atoms with E-state index in [1.807, 2.05) is 30.3 Å². The molecule has 2 rings (SSSR count). The molecule has 3 nitrogen and oxygen atoms in total. The fourth-order valence-electron chi connectivity index (χ4n) is 1.64. The van der Waals surface area contributed by atoms with Gasteiger partial charge in [0.05, 0.1) is 16.8 Å². The van der Waals surface area contributed by atoms with Gasteiger partial charge in [0.25, 0.3) is 0 Å². The van der Waals surface area contributed by atoms with Crippen molar-refractivity contribution in [3.05, 3.63) is 36.9 Å². The van der Waals surface area contributed by atoms with Crippen molar-refractivity contribution in [2.75, 3.05) is 5.75 Å². The maximum Gasteiger partial charge on any atom is 0.169 e. The number of hydrogen-bond acceptors (Lipinski definition) is 3. The van der Waals surface area contributed by atoms with E-state index in [0.717, 1.165) is 16.2 Å². The number of allylic oxidation sites excluding steroid dienone is 1. The minimum absolute atomic E-state index is 0.159. The second-order valence-corrected chi connectivity index (χ2v) is 4.72. The van der Waals surface area contributed by atoms with Crippen molar-refractivity contribution in [1.82, 2.24) is 9.55 Å². The number of aromatic nitrogens is 2. The fourth-order valence-corrected chi connectivity index (χ4v) is 2.46. The molecular formula is C13H14N2OS. The Hall–Kier alpha value is -1.55. The number of carbonyl (C=O) groups is 1. The molecule has 0 saturated carbocycles. The van der Waals surface area contributed by atoms with Gasteiger partial charge in [-0.2, -0.15) is 0 Å². The number of benzene rings is 1. The molecule has 0 bridgehead atoms. The van der Waals surface area contributed by atoms with Crippen LogP contribution in [0.3, 0.4) is 0 Å². The lowest BCUT2D eigenvalue weighted by Crippen LogP contribution is -2.00. The number of thioether (sulfide) groups is 1. The molecule has 4 heteroatoms. The quantitative estimate of drug-likeness (QED) is 0.601. The Bertz CT molecular complexity index is 560. The van der Waals surface area contributed by atoms with Crippen LogP contribution in [-0.4, -0.2) is 21.1 Å². The Morgan fingerprint density at radius 1 is 1.53 bits per heavy atom. The van der Waals surface area contributed by atoms with Crippen LogP contribution < -0.4 is 0 Å². The summed E-state index contributed by atoms with van der Waals surface area (Å²) in [7, 11) is 0. The Morgan fingerprint density at radius 3 is 3.00 bits per heavy atom. The van der Waals surface area contributed by atoms with Gasteiger partial charge in [-0.25, -0.2) is 4.98 Å². The second kappa shape index (κ2) is 5.19. The van der Waals surface area contributed by atoms with Crippen molar-refractivity contribution in [2.24, 2.45) is 0 Å². The Kier molecular flexibility index (Phi) is 3.64. The SMILES string of the molecule is C=CCn1c(SCC(C)=O)nc2ccccc21. The van der Waals surface area contributed by atoms with Gasteiger partial charge in [0, 0.05) is 6.54 Å². The molecule has 2 aromatic rings. The lowest BCUT2D eigenvalue weighted by molar-refractivity contribution is -0.114. The molecule has 0 aliphatic carbocycles. The van der Waals surface area contributed by atoms with Crippen molar-refractivity contribution < 1.29 is 4.79 Å². The van der Waals surface area contributed by atoms with E-state index in [-0.39, 0.29) is 5.78 Å². The Balaban J connectivity index is 2.41. The van der Waals surface area contributed by atoms with Gasteiger partial charge in [-0.05, 0) is 19.1 Å². The van der Waals surface area contributed by atoms with Gasteiger partial charge in [-0.15, -0.1) is 6.58 Å². The van der Waals surface area contributed by atoms with Crippen molar-refractivity contribution in [3.63, 3.8) is 0 Å². The first-order valence-electron chi connectivity index (χ1n) is 5.40. The first-order chi connectivity index (χ1) is 8.22. The predicted molar refractivity (Wildman–Crippen MR) is 71.3 cm³/mol. The summed E-state index contributed by atoms with van der Waals surface area (Å²) in [6, 6.07) is 7.96. The third kappa shape index (κ3) is 2.58. The molecule has 0 saturated heterocycles. The highest BCUT2D eigenvalue weighted by Crippen LogP contribution is 2.23. The second-order valence-electron chi connectivity index (χ2n) is 3.77. The van der Waals surface area contributed by atoms with E-state index < -0.39 is 0 Å². The topological polar surface area (TPSA) is 34.9 Å². The smallest absolute Gasteiger partial charge is 0.169 e. The normalized spacial score (nSPS) is 10.6. The van der Waals surface area contributed by atoms with Crippen LogP contribution in [0.15, 0.2) is 42.1 Å². The number of imidazole rings is 1. The first kappa shape index (κ1) is 11.9. The average molecular weight is 246 g/mol. The molecule has 0 amide bonds. The molecule has 0 unspecified atom stereocenters. The van der Waals surface area contributed by atoms with Crippen LogP contribution in [0, 0.1) is 0 Å². The van der Waals surface area contributed by atoms with Crippen molar-refractivity contribution in [1.29, 1.82) is 0 Å². The molecule has 0 fully saturated rings. The fraction of sp³-hybridized carbons (Fsp3) is 0.231. The molecule has 0 atom stereocenters. The van der Waals surface area contributed by atoms with Crippen LogP contribution in [-0.2, 0) is 11.3 Å². The molecule has 17 heavy (non-hydrogen) atoms. The van der Waals surface area contributed by atoms with Crippen molar-refractivity contribution >= 4 is 28.6 Å². The zero-order chi connectivity index (χ0) is 12.3. The summed E-state index contributed by atoms with van der Waals surface area (Å²) in [6.07, 6.45) is 1.84. The third-order valence-corrected chi connectivity index (χ3v) is 3.46. The number of carbonyl (C=O) groups excluding carboxylic acids is 1. The molecule has 0 spiro atoms. The molecule has 88 valence electrons. The molecule has 0 radical (unpaired) electrons. The van der Waals surface area contributed by atoms with Crippen molar-refractivity contribution in [3.8, 4) is 0 Å². The van der Waals surface area contributed by atoms with E-state index in [4.69, 9.17) is 0 Å². The highest BCUT2D eigenvalue weighted by atomic mass is 32.2. The first-order valence-corrected chi connectivity index (χ1v) is 6.39. The zero-order valence-electron chi connectivity index (χ0n) is 9.72. The molecule has 1 heterocycles. The summed E-state index contributed by atoms with van der Waals surface area (Å²) in [5.74, 6) is 0.618. The number of rotatable bonds is 5. The summed E-state index contributed by atoms with van der Waals surface area (Å²) < 4.78 is 2.08. The predicted octanol–water partition coefficient (Wildman–Crippen LogP) is 2.90. The lowest BCUT2D eigenvalue weighted by Gasteiger charge is -2.04. The maximum absolute atomic E-state index is 11.0. The monoisotopic (exact) mass is 246 g/mol. The van der Waals surface area contributed by atoms with E-state index in [2.05, 4.69) is 16.1 Å². The largest absolute Gasteiger partial charge is 0.315 e. The van der Waals surface area contributed by atoms with E-state index in [1.165, 1.54) is 11.8 Å². The van der Waals surface area contributed by atoms with Crippen LogP contribution >= 0.6 is 11.8 Å². The third-order valence-electron chi connectivity index (χ3n) is 2.34. The van der Waals surface area contributed by atoms with Gasteiger partial charge < -0.3 is 4.57 Å². The van der Waals surface area contributed by atoms with Crippen LogP contribution in [0.2, 0.25) is 0 Å². The number of para-hydroxylation sites is 2.